The number of carbonyl (C=O) groups excluding carboxylic acids is 2. The fraction of sp³-hybridized carbons (Fsp3) is 0.389. The van der Waals surface area contributed by atoms with Crippen LogP contribution in [-0.2, 0) is 18.4 Å². The lowest BCUT2D eigenvalue weighted by Gasteiger charge is -2.18. The minimum atomic E-state index is -0.268. The van der Waals surface area contributed by atoms with Crippen LogP contribution >= 0.6 is 0 Å². The number of aryl methyl sites for hydroxylation is 1. The Morgan fingerprint density at radius 3 is 2.80 bits per heavy atom. The lowest BCUT2D eigenvalue weighted by Crippen LogP contribution is -2.44. The number of hydrogen-bond donors (Lipinski definition) is 2. The van der Waals surface area contributed by atoms with E-state index in [0.717, 1.165) is 11.1 Å². The molecule has 2 aromatic rings. The van der Waals surface area contributed by atoms with Crippen molar-refractivity contribution in [1.29, 1.82) is 0 Å². The Morgan fingerprint density at radius 1 is 1.36 bits per heavy atom. The third-order valence-corrected chi connectivity index (χ3v) is 4.34. The molecule has 2 atom stereocenters. The Hall–Kier alpha value is -2.83. The highest BCUT2D eigenvalue weighted by atomic mass is 16.2. The molecule has 0 bridgehead atoms. The van der Waals surface area contributed by atoms with E-state index in [0.29, 0.717) is 19.5 Å². The summed E-state index contributed by atoms with van der Waals surface area (Å²) in [5, 5.41) is 9.88. The molecule has 25 heavy (non-hydrogen) atoms. The number of nitrogens with zero attached hydrogens (tertiary/aromatic N) is 3. The van der Waals surface area contributed by atoms with Gasteiger partial charge in [-0.25, -0.2) is 4.79 Å². The third kappa shape index (κ3) is 4.37. The molecule has 2 unspecified atom stereocenters. The third-order valence-electron chi connectivity index (χ3n) is 4.34. The molecule has 0 radical (unpaired) electrons. The zero-order valence-electron chi connectivity index (χ0n) is 14.5. The van der Waals surface area contributed by atoms with Gasteiger partial charge in [0.25, 0.3) is 0 Å². The molecule has 2 N–H and O–H groups in total. The summed E-state index contributed by atoms with van der Waals surface area (Å²) in [6.07, 6.45) is 3.93. The fourth-order valence-electron chi connectivity index (χ4n) is 3.00. The second kappa shape index (κ2) is 7.38. The molecule has 0 aliphatic carbocycles. The van der Waals surface area contributed by atoms with Crippen molar-refractivity contribution < 1.29 is 9.59 Å². The lowest BCUT2D eigenvalue weighted by molar-refractivity contribution is -0.128. The maximum Gasteiger partial charge on any atom is 0.315 e. The highest BCUT2D eigenvalue weighted by molar-refractivity contribution is 5.81. The van der Waals surface area contributed by atoms with E-state index < -0.39 is 0 Å². The molecule has 2 heterocycles. The Balaban J connectivity index is 1.50. The van der Waals surface area contributed by atoms with Crippen LogP contribution < -0.4 is 10.6 Å². The van der Waals surface area contributed by atoms with E-state index >= 15 is 0 Å². The zero-order valence-corrected chi connectivity index (χ0v) is 14.5. The molecule has 132 valence electrons. The highest BCUT2D eigenvalue weighted by Gasteiger charge is 2.30. The quantitative estimate of drug-likeness (QED) is 0.867. The van der Waals surface area contributed by atoms with E-state index in [1.165, 1.54) is 0 Å². The Kier molecular flexibility index (Phi) is 5.02. The second-order valence-corrected chi connectivity index (χ2v) is 6.45. The first-order valence-electron chi connectivity index (χ1n) is 8.38. The van der Waals surface area contributed by atoms with Crippen molar-refractivity contribution >= 4 is 11.9 Å². The molecule has 1 aliphatic rings. The van der Waals surface area contributed by atoms with Crippen LogP contribution in [-0.4, -0.2) is 39.2 Å². The van der Waals surface area contributed by atoms with Crippen LogP contribution in [0.5, 0.6) is 0 Å². The number of hydrogen-bond acceptors (Lipinski definition) is 3. The summed E-state index contributed by atoms with van der Waals surface area (Å²) in [4.78, 5) is 26.1. The number of rotatable bonds is 5. The maximum atomic E-state index is 12.2. The monoisotopic (exact) mass is 341 g/mol. The summed E-state index contributed by atoms with van der Waals surface area (Å²) in [6, 6.07) is 9.27. The van der Waals surface area contributed by atoms with Crippen LogP contribution in [0.15, 0.2) is 42.7 Å². The van der Waals surface area contributed by atoms with Crippen LogP contribution in [0, 0.1) is 0 Å². The van der Waals surface area contributed by atoms with Crippen LogP contribution in [0.2, 0.25) is 0 Å². The number of amides is 3. The Morgan fingerprint density at radius 2 is 2.12 bits per heavy atom. The van der Waals surface area contributed by atoms with E-state index in [1.807, 2.05) is 50.5 Å². The van der Waals surface area contributed by atoms with E-state index in [2.05, 4.69) is 15.7 Å². The first kappa shape index (κ1) is 17.0. The second-order valence-electron chi connectivity index (χ2n) is 6.45. The molecular formula is C18H23N5O2. The van der Waals surface area contributed by atoms with Crippen molar-refractivity contribution in [2.24, 2.45) is 7.05 Å². The molecule has 0 saturated carbocycles. The number of aromatic nitrogens is 2. The topological polar surface area (TPSA) is 79.3 Å². The summed E-state index contributed by atoms with van der Waals surface area (Å²) in [6.45, 7) is 3.01. The minimum Gasteiger partial charge on any atom is -0.336 e. The van der Waals surface area contributed by atoms with Crippen molar-refractivity contribution in [2.45, 2.75) is 32.0 Å². The lowest BCUT2D eigenvalue weighted by atomic mass is 10.2. The van der Waals surface area contributed by atoms with E-state index in [-0.39, 0.29) is 24.0 Å². The average molecular weight is 341 g/mol. The Labute approximate surface area is 147 Å². The van der Waals surface area contributed by atoms with Gasteiger partial charge in [0.2, 0.25) is 5.91 Å². The molecule has 1 aromatic carbocycles. The van der Waals surface area contributed by atoms with Gasteiger partial charge in [-0.3, -0.25) is 9.48 Å². The first-order chi connectivity index (χ1) is 12.0. The first-order valence-corrected chi connectivity index (χ1v) is 8.38. The molecule has 1 aromatic heterocycles. The molecule has 1 saturated heterocycles. The van der Waals surface area contributed by atoms with Gasteiger partial charge in [0, 0.05) is 38.3 Å². The number of urea groups is 1. The molecule has 3 amide bonds. The predicted octanol–water partition coefficient (Wildman–Crippen LogP) is 1.58. The van der Waals surface area contributed by atoms with Gasteiger partial charge in [-0.1, -0.05) is 30.3 Å². The maximum absolute atomic E-state index is 12.2. The predicted molar refractivity (Wildman–Crippen MR) is 93.6 cm³/mol. The van der Waals surface area contributed by atoms with E-state index in [4.69, 9.17) is 0 Å². The van der Waals surface area contributed by atoms with Gasteiger partial charge in [0.05, 0.1) is 18.3 Å². The molecule has 7 nitrogen and oxygen atoms in total. The molecule has 1 aliphatic heterocycles. The van der Waals surface area contributed by atoms with Crippen LogP contribution in [0.1, 0.15) is 30.5 Å². The fourth-order valence-corrected chi connectivity index (χ4v) is 3.00. The van der Waals surface area contributed by atoms with Crippen molar-refractivity contribution in [2.75, 3.05) is 6.54 Å². The Bertz CT molecular complexity index is 743. The van der Waals surface area contributed by atoms with Gasteiger partial charge >= 0.3 is 6.03 Å². The van der Waals surface area contributed by atoms with Crippen LogP contribution in [0.4, 0.5) is 4.79 Å². The van der Waals surface area contributed by atoms with Crippen molar-refractivity contribution in [3.05, 3.63) is 53.9 Å². The standard InChI is InChI=1S/C18H23N5O2/c1-13(15-9-19-22(2)11-15)20-18(25)21-16-8-17(24)23(12-16)10-14-6-4-3-5-7-14/h3-7,9,11,13,16H,8,10,12H2,1-2H3,(H2,20,21,25). The van der Waals surface area contributed by atoms with Gasteiger partial charge in [-0.15, -0.1) is 0 Å². The number of nitrogens with one attached hydrogen (secondary N) is 2. The summed E-state index contributed by atoms with van der Waals surface area (Å²) in [7, 11) is 1.84. The van der Waals surface area contributed by atoms with Crippen molar-refractivity contribution in [1.82, 2.24) is 25.3 Å². The van der Waals surface area contributed by atoms with Gasteiger partial charge in [0.1, 0.15) is 0 Å². The molecule has 1 fully saturated rings. The van der Waals surface area contributed by atoms with Gasteiger partial charge in [0.15, 0.2) is 0 Å². The molecule has 0 spiro atoms. The SMILES string of the molecule is CC(NC(=O)NC1CC(=O)N(Cc2ccccc2)C1)c1cnn(C)c1. The average Bonchev–Trinajstić information content (AvgIpc) is 3.14. The smallest absolute Gasteiger partial charge is 0.315 e. The largest absolute Gasteiger partial charge is 0.336 e. The zero-order chi connectivity index (χ0) is 17.8. The van der Waals surface area contributed by atoms with E-state index in [9.17, 15) is 9.59 Å². The van der Waals surface area contributed by atoms with Crippen LogP contribution in [0.3, 0.4) is 0 Å². The van der Waals surface area contributed by atoms with Crippen LogP contribution in [0.25, 0.3) is 0 Å². The summed E-state index contributed by atoms with van der Waals surface area (Å²) in [5.41, 5.74) is 2.03. The molecule has 3 rings (SSSR count). The number of benzene rings is 1. The number of likely N-dealkylation sites (tertiary alicyclic amines) is 1. The molecular weight excluding hydrogens is 318 g/mol. The summed E-state index contributed by atoms with van der Waals surface area (Å²) >= 11 is 0. The number of carbonyl (C=O) groups is 2. The minimum absolute atomic E-state index is 0.0643. The summed E-state index contributed by atoms with van der Waals surface area (Å²) in [5.74, 6) is 0.0643. The molecule has 7 heteroatoms. The van der Waals surface area contributed by atoms with Gasteiger partial charge < -0.3 is 15.5 Å². The van der Waals surface area contributed by atoms with Crippen molar-refractivity contribution in [3.8, 4) is 0 Å². The highest BCUT2D eigenvalue weighted by Crippen LogP contribution is 2.15. The van der Waals surface area contributed by atoms with Gasteiger partial charge in [-0.05, 0) is 12.5 Å². The van der Waals surface area contributed by atoms with Crippen molar-refractivity contribution in [3.63, 3.8) is 0 Å². The van der Waals surface area contributed by atoms with Gasteiger partial charge in [-0.2, -0.15) is 5.10 Å². The normalized spacial score (nSPS) is 18.2. The summed E-state index contributed by atoms with van der Waals surface area (Å²) < 4.78 is 1.70. The van der Waals surface area contributed by atoms with E-state index in [1.54, 1.807) is 15.8 Å².